The fourth-order valence-corrected chi connectivity index (χ4v) is 4.28. The van der Waals surface area contributed by atoms with E-state index in [-0.39, 0.29) is 47.4 Å². The molecule has 0 spiro atoms. The number of hydrogen-bond donors (Lipinski definition) is 3. The fraction of sp³-hybridized carbons (Fsp3) is 0.269. The highest BCUT2D eigenvalue weighted by atomic mass is 19.1. The second-order valence-electron chi connectivity index (χ2n) is 8.61. The lowest BCUT2D eigenvalue weighted by atomic mass is 10.0. The summed E-state index contributed by atoms with van der Waals surface area (Å²) in [4.78, 5) is 24.8. The quantitative estimate of drug-likeness (QED) is 0.324. The number of hydrogen-bond acceptors (Lipinski definition) is 7. The third kappa shape index (κ3) is 4.65. The zero-order valence-corrected chi connectivity index (χ0v) is 19.4. The molecule has 0 amide bonds. The average molecular weight is 494 g/mol. The van der Waals surface area contributed by atoms with Crippen LogP contribution in [0.25, 0.3) is 11.0 Å². The summed E-state index contributed by atoms with van der Waals surface area (Å²) in [6.45, 7) is 1.88. The minimum absolute atomic E-state index is 0.0226. The number of aryl methyl sites for hydroxylation is 1. The summed E-state index contributed by atoms with van der Waals surface area (Å²) in [7, 11) is 0. The number of anilines is 1. The number of aliphatic hydroxyl groups is 1. The summed E-state index contributed by atoms with van der Waals surface area (Å²) in [6.07, 6.45) is 3.67. The molecule has 36 heavy (non-hydrogen) atoms. The van der Waals surface area contributed by atoms with E-state index in [0.717, 1.165) is 6.20 Å². The van der Waals surface area contributed by atoms with Gasteiger partial charge in [-0.3, -0.25) is 4.79 Å². The number of halogens is 2. The van der Waals surface area contributed by atoms with Crippen LogP contribution in [0.15, 0.2) is 48.8 Å². The molecule has 10 heteroatoms. The first-order valence-electron chi connectivity index (χ1n) is 11.5. The molecule has 1 aliphatic rings. The van der Waals surface area contributed by atoms with Crippen LogP contribution in [-0.4, -0.2) is 51.2 Å². The van der Waals surface area contributed by atoms with Gasteiger partial charge in [0.05, 0.1) is 47.8 Å². The SMILES string of the molecule is Cc1nc(Oc2ccccc2F)ccc1C(=O)c1c[nH]c2ncc(F)c(N[C@@H]3CC[C@@H](CO)OC3)c12. The van der Waals surface area contributed by atoms with E-state index < -0.39 is 11.6 Å². The van der Waals surface area contributed by atoms with Crippen LogP contribution in [-0.2, 0) is 4.74 Å². The summed E-state index contributed by atoms with van der Waals surface area (Å²) in [5.41, 5.74) is 1.41. The number of carbonyl (C=O) groups excluding carboxylic acids is 1. The molecule has 4 aromatic rings. The van der Waals surface area contributed by atoms with E-state index in [4.69, 9.17) is 9.47 Å². The Morgan fingerprint density at radius 1 is 1.19 bits per heavy atom. The molecule has 0 radical (unpaired) electrons. The molecule has 3 N–H and O–H groups in total. The van der Waals surface area contributed by atoms with Gasteiger partial charge >= 0.3 is 0 Å². The van der Waals surface area contributed by atoms with Crippen molar-refractivity contribution in [1.82, 2.24) is 15.0 Å². The maximum absolute atomic E-state index is 14.9. The van der Waals surface area contributed by atoms with Gasteiger partial charge in [0.25, 0.3) is 0 Å². The summed E-state index contributed by atoms with van der Waals surface area (Å²) in [5, 5.41) is 12.8. The van der Waals surface area contributed by atoms with E-state index in [1.165, 1.54) is 24.4 Å². The fourth-order valence-electron chi connectivity index (χ4n) is 4.28. The molecule has 0 bridgehead atoms. The van der Waals surface area contributed by atoms with Crippen LogP contribution in [0.2, 0.25) is 0 Å². The number of aliphatic hydroxyl groups excluding tert-OH is 1. The van der Waals surface area contributed by atoms with Gasteiger partial charge in [0.2, 0.25) is 5.88 Å². The maximum atomic E-state index is 14.9. The number of H-pyrrole nitrogens is 1. The lowest BCUT2D eigenvalue weighted by molar-refractivity contribution is -0.0223. The Bertz CT molecular complexity index is 1420. The normalized spacial score (nSPS) is 17.8. The number of para-hydroxylation sites is 1. The highest BCUT2D eigenvalue weighted by molar-refractivity contribution is 6.18. The number of benzene rings is 1. The molecule has 186 valence electrons. The average Bonchev–Trinajstić information content (AvgIpc) is 3.32. The minimum Gasteiger partial charge on any atom is -0.436 e. The van der Waals surface area contributed by atoms with Crippen molar-refractivity contribution in [2.45, 2.75) is 31.9 Å². The number of aromatic nitrogens is 3. The van der Waals surface area contributed by atoms with Crippen LogP contribution in [0.1, 0.15) is 34.5 Å². The molecule has 1 fully saturated rings. The summed E-state index contributed by atoms with van der Waals surface area (Å²) >= 11 is 0. The number of ether oxygens (including phenoxy) is 2. The molecule has 0 saturated carbocycles. The van der Waals surface area contributed by atoms with Crippen LogP contribution in [0.3, 0.4) is 0 Å². The van der Waals surface area contributed by atoms with Crippen molar-refractivity contribution in [1.29, 1.82) is 0 Å². The van der Waals surface area contributed by atoms with Gasteiger partial charge in [-0.1, -0.05) is 12.1 Å². The highest BCUT2D eigenvalue weighted by Crippen LogP contribution is 2.32. The highest BCUT2D eigenvalue weighted by Gasteiger charge is 2.26. The van der Waals surface area contributed by atoms with E-state index in [9.17, 15) is 18.7 Å². The Hall–Kier alpha value is -3.89. The van der Waals surface area contributed by atoms with Crippen molar-refractivity contribution in [2.75, 3.05) is 18.5 Å². The number of nitrogens with one attached hydrogen (secondary N) is 2. The van der Waals surface area contributed by atoms with Crippen molar-refractivity contribution in [3.8, 4) is 11.6 Å². The van der Waals surface area contributed by atoms with Gasteiger partial charge in [-0.25, -0.2) is 18.7 Å². The van der Waals surface area contributed by atoms with Gasteiger partial charge in [-0.05, 0) is 38.0 Å². The first-order valence-corrected chi connectivity index (χ1v) is 11.5. The molecular weight excluding hydrogens is 470 g/mol. The van der Waals surface area contributed by atoms with Gasteiger partial charge in [0.15, 0.2) is 23.2 Å². The Morgan fingerprint density at radius 3 is 2.75 bits per heavy atom. The third-order valence-corrected chi connectivity index (χ3v) is 6.18. The van der Waals surface area contributed by atoms with Crippen molar-refractivity contribution in [3.05, 3.63) is 77.2 Å². The Labute approximate surface area is 205 Å². The molecule has 4 heterocycles. The maximum Gasteiger partial charge on any atom is 0.219 e. The molecule has 5 rings (SSSR count). The molecular formula is C26H24F2N4O4. The number of aromatic amines is 1. The molecule has 1 saturated heterocycles. The summed E-state index contributed by atoms with van der Waals surface area (Å²) < 4.78 is 40.0. The predicted octanol–water partition coefficient (Wildman–Crippen LogP) is 4.52. The standard InChI is InChI=1S/C26H24F2N4O4/c1-14-17(8-9-22(31-14)36-21-5-3-2-4-19(21)27)25(34)18-10-29-26-23(18)24(20(28)11-30-26)32-15-6-7-16(12-33)35-13-15/h2-5,8-11,15-16,33H,6-7,12-13H2,1H3,(H2,29,30,32)/t15-,16+/m1/s1. The largest absolute Gasteiger partial charge is 0.436 e. The summed E-state index contributed by atoms with van der Waals surface area (Å²) in [5.74, 6) is -1.33. The minimum atomic E-state index is -0.594. The Kier molecular flexibility index (Phi) is 6.62. The lowest BCUT2D eigenvalue weighted by Gasteiger charge is -2.29. The van der Waals surface area contributed by atoms with E-state index in [1.54, 1.807) is 25.1 Å². The molecule has 3 aromatic heterocycles. The Morgan fingerprint density at radius 2 is 2.03 bits per heavy atom. The number of nitrogens with zero attached hydrogens (tertiary/aromatic N) is 2. The molecule has 0 unspecified atom stereocenters. The van der Waals surface area contributed by atoms with Crippen molar-refractivity contribution in [3.63, 3.8) is 0 Å². The molecule has 0 aliphatic carbocycles. The smallest absolute Gasteiger partial charge is 0.219 e. The number of pyridine rings is 2. The van der Waals surface area contributed by atoms with Gasteiger partial charge in [-0.15, -0.1) is 0 Å². The van der Waals surface area contributed by atoms with E-state index in [2.05, 4.69) is 20.3 Å². The van der Waals surface area contributed by atoms with Crippen LogP contribution in [0.4, 0.5) is 14.5 Å². The second kappa shape index (κ2) is 10.00. The van der Waals surface area contributed by atoms with Gasteiger partial charge in [0, 0.05) is 23.9 Å². The number of carbonyl (C=O) groups is 1. The van der Waals surface area contributed by atoms with Crippen LogP contribution >= 0.6 is 0 Å². The van der Waals surface area contributed by atoms with E-state index in [0.29, 0.717) is 41.7 Å². The zero-order chi connectivity index (χ0) is 25.2. The van der Waals surface area contributed by atoms with Crippen LogP contribution < -0.4 is 10.1 Å². The number of ketones is 1. The van der Waals surface area contributed by atoms with E-state index >= 15 is 0 Å². The first kappa shape index (κ1) is 23.8. The van der Waals surface area contributed by atoms with Crippen molar-refractivity contribution < 1.29 is 28.2 Å². The lowest BCUT2D eigenvalue weighted by Crippen LogP contribution is -2.36. The van der Waals surface area contributed by atoms with Crippen molar-refractivity contribution >= 4 is 22.5 Å². The van der Waals surface area contributed by atoms with Crippen LogP contribution in [0, 0.1) is 18.6 Å². The molecule has 8 nitrogen and oxygen atoms in total. The van der Waals surface area contributed by atoms with E-state index in [1.807, 2.05) is 0 Å². The summed E-state index contributed by atoms with van der Waals surface area (Å²) in [6, 6.07) is 8.79. The molecule has 1 aromatic carbocycles. The van der Waals surface area contributed by atoms with Gasteiger partial charge in [0.1, 0.15) is 5.65 Å². The number of fused-ring (bicyclic) bond motifs is 1. The van der Waals surface area contributed by atoms with Gasteiger partial charge < -0.3 is 24.9 Å². The third-order valence-electron chi connectivity index (χ3n) is 6.18. The molecule has 2 atom stereocenters. The first-order chi connectivity index (χ1) is 17.4. The second-order valence-corrected chi connectivity index (χ2v) is 8.61. The number of rotatable bonds is 7. The zero-order valence-electron chi connectivity index (χ0n) is 19.4. The topological polar surface area (TPSA) is 109 Å². The van der Waals surface area contributed by atoms with Crippen molar-refractivity contribution in [2.24, 2.45) is 0 Å². The monoisotopic (exact) mass is 494 g/mol. The predicted molar refractivity (Wildman–Crippen MR) is 128 cm³/mol. The molecule has 1 aliphatic heterocycles. The Balaban J connectivity index is 1.44. The van der Waals surface area contributed by atoms with Gasteiger partial charge in [-0.2, -0.15) is 0 Å². The van der Waals surface area contributed by atoms with Crippen LogP contribution in [0.5, 0.6) is 11.6 Å².